The normalized spacial score (nSPS) is 19.0. The summed E-state index contributed by atoms with van der Waals surface area (Å²) in [6.45, 7) is 3.59. The molecule has 1 N–H and O–H groups in total. The van der Waals surface area contributed by atoms with Crippen LogP contribution < -0.4 is 15.0 Å². The van der Waals surface area contributed by atoms with Crippen molar-refractivity contribution in [3.63, 3.8) is 0 Å². The van der Waals surface area contributed by atoms with Crippen LogP contribution in [0.25, 0.3) is 0 Å². The van der Waals surface area contributed by atoms with E-state index in [1.807, 2.05) is 60.4 Å². The van der Waals surface area contributed by atoms with Gasteiger partial charge in [0.1, 0.15) is 11.9 Å². The number of allylic oxidation sites excluding steroid dienone is 2. The molecular formula is C24H24Cl2N5O+. The molecule has 1 atom stereocenters. The maximum absolute atomic E-state index is 13.9. The molecule has 1 aromatic carbocycles. The molecule has 2 aliphatic rings. The lowest BCUT2D eigenvalue weighted by molar-refractivity contribution is -0.694. The zero-order valence-corrected chi connectivity index (χ0v) is 19.2. The largest absolute Gasteiger partial charge is 0.344 e. The Morgan fingerprint density at radius 3 is 2.59 bits per heavy atom. The summed E-state index contributed by atoms with van der Waals surface area (Å²) in [5, 5.41) is 11.0. The van der Waals surface area contributed by atoms with Gasteiger partial charge < -0.3 is 5.32 Å². The number of hydrogen-bond donors (Lipinski definition) is 1. The molecule has 0 amide bonds. The van der Waals surface area contributed by atoms with Crippen molar-refractivity contribution >= 4 is 34.8 Å². The number of anilines is 1. The number of ketones is 1. The summed E-state index contributed by atoms with van der Waals surface area (Å²) in [4.78, 5) is 13.9. The van der Waals surface area contributed by atoms with Gasteiger partial charge in [-0.3, -0.25) is 4.79 Å². The molecule has 4 heterocycles. The minimum atomic E-state index is -0.415. The van der Waals surface area contributed by atoms with E-state index in [1.54, 1.807) is 12.3 Å². The van der Waals surface area contributed by atoms with E-state index >= 15 is 0 Å². The molecule has 0 bridgehead atoms. The van der Waals surface area contributed by atoms with Crippen LogP contribution in [-0.4, -0.2) is 28.7 Å². The molecule has 32 heavy (non-hydrogen) atoms. The van der Waals surface area contributed by atoms with Gasteiger partial charge >= 0.3 is 0 Å². The van der Waals surface area contributed by atoms with Crippen molar-refractivity contribution in [3.8, 4) is 0 Å². The molecule has 2 aromatic heterocycles. The molecule has 0 saturated carbocycles. The lowest BCUT2D eigenvalue weighted by Gasteiger charge is -2.34. The number of nitrogens with zero attached hydrogens (tertiary/aromatic N) is 4. The quantitative estimate of drug-likeness (QED) is 0.577. The Hall–Kier alpha value is -2.83. The second kappa shape index (κ2) is 8.60. The first-order valence-corrected chi connectivity index (χ1v) is 11.5. The maximum Gasteiger partial charge on any atom is 0.199 e. The summed E-state index contributed by atoms with van der Waals surface area (Å²) >= 11 is 12.9. The van der Waals surface area contributed by atoms with E-state index in [1.165, 1.54) is 0 Å². The lowest BCUT2D eigenvalue weighted by atomic mass is 9.83. The van der Waals surface area contributed by atoms with E-state index in [4.69, 9.17) is 23.2 Å². The molecule has 2 aliphatic heterocycles. The standard InChI is InChI=1S/C24H23Cl2N5O/c1-16-21(24(32)17-9-14-30(15-10-17)29-12-3-2-4-13-29)23(31-20(28-16)8-11-27-31)18-6-5-7-19(25)22(18)26/h2-8,11-13,17,23H,9-10,14-15H2,1H3/p+1. The van der Waals surface area contributed by atoms with Gasteiger partial charge in [-0.25, -0.2) is 4.68 Å². The SMILES string of the molecule is CC1=C(C(=O)C2CCN([n+]3ccccc3)CC2)C(c2cccc(Cl)c2Cl)n2nccc2N1. The molecule has 0 radical (unpaired) electrons. The van der Waals surface area contributed by atoms with E-state index in [2.05, 4.69) is 20.1 Å². The third-order valence-corrected chi connectivity index (χ3v) is 7.15. The minimum Gasteiger partial charge on any atom is -0.344 e. The van der Waals surface area contributed by atoms with Gasteiger partial charge in [-0.1, -0.05) is 46.1 Å². The van der Waals surface area contributed by atoms with E-state index in [0.717, 1.165) is 43.0 Å². The van der Waals surface area contributed by atoms with Gasteiger partial charge in [0, 0.05) is 41.0 Å². The van der Waals surface area contributed by atoms with Crippen molar-refractivity contribution in [2.75, 3.05) is 23.4 Å². The average Bonchev–Trinajstić information content (AvgIpc) is 3.28. The van der Waals surface area contributed by atoms with Gasteiger partial charge in [0.15, 0.2) is 18.2 Å². The van der Waals surface area contributed by atoms with Crippen LogP contribution in [0.15, 0.2) is 72.3 Å². The topological polar surface area (TPSA) is 54.0 Å². The number of aromatic nitrogens is 3. The summed E-state index contributed by atoms with van der Waals surface area (Å²) in [6.07, 6.45) is 7.38. The third kappa shape index (κ3) is 3.67. The Morgan fingerprint density at radius 2 is 1.84 bits per heavy atom. The number of nitrogens with one attached hydrogen (secondary N) is 1. The molecule has 6 nitrogen and oxygen atoms in total. The highest BCUT2D eigenvalue weighted by molar-refractivity contribution is 6.42. The molecule has 0 aliphatic carbocycles. The molecule has 3 aromatic rings. The second-order valence-corrected chi connectivity index (χ2v) is 9.00. The number of piperidine rings is 1. The summed E-state index contributed by atoms with van der Waals surface area (Å²) in [5.74, 6) is 0.921. The lowest BCUT2D eigenvalue weighted by Crippen LogP contribution is -2.60. The Labute approximate surface area is 197 Å². The highest BCUT2D eigenvalue weighted by Crippen LogP contribution is 2.42. The van der Waals surface area contributed by atoms with Crippen molar-refractivity contribution in [3.05, 3.63) is 87.9 Å². The number of Topliss-reactive ketones (excluding diaryl/α,β-unsaturated/α-hetero) is 1. The monoisotopic (exact) mass is 468 g/mol. The number of carbonyl (C=O) groups is 1. The van der Waals surface area contributed by atoms with Gasteiger partial charge in [0.05, 0.1) is 29.3 Å². The summed E-state index contributed by atoms with van der Waals surface area (Å²) < 4.78 is 3.92. The minimum absolute atomic E-state index is 0.0557. The average molecular weight is 469 g/mol. The molecule has 0 spiro atoms. The number of halogens is 2. The van der Waals surface area contributed by atoms with Crippen molar-refractivity contribution in [1.82, 2.24) is 9.78 Å². The highest BCUT2D eigenvalue weighted by atomic mass is 35.5. The van der Waals surface area contributed by atoms with Crippen LogP contribution in [0.2, 0.25) is 10.0 Å². The molecule has 164 valence electrons. The van der Waals surface area contributed by atoms with Crippen LogP contribution in [0.3, 0.4) is 0 Å². The van der Waals surface area contributed by atoms with E-state index in [-0.39, 0.29) is 11.7 Å². The van der Waals surface area contributed by atoms with Gasteiger partial charge in [-0.15, -0.1) is 0 Å². The van der Waals surface area contributed by atoms with E-state index in [0.29, 0.717) is 15.6 Å². The first-order chi connectivity index (χ1) is 15.5. The Morgan fingerprint density at radius 1 is 1.09 bits per heavy atom. The Kier molecular flexibility index (Phi) is 5.66. The van der Waals surface area contributed by atoms with Gasteiger partial charge in [0.25, 0.3) is 0 Å². The molecule has 1 unspecified atom stereocenters. The zero-order valence-electron chi connectivity index (χ0n) is 17.7. The summed E-state index contributed by atoms with van der Waals surface area (Å²) in [5.41, 5.74) is 2.32. The van der Waals surface area contributed by atoms with Gasteiger partial charge in [-0.2, -0.15) is 10.1 Å². The number of pyridine rings is 1. The Balaban J connectivity index is 1.46. The number of hydrogen-bond acceptors (Lipinski definition) is 4. The number of carbonyl (C=O) groups excluding carboxylic acids is 1. The highest BCUT2D eigenvalue weighted by Gasteiger charge is 2.38. The molecule has 8 heteroatoms. The van der Waals surface area contributed by atoms with Crippen molar-refractivity contribution in [2.45, 2.75) is 25.8 Å². The van der Waals surface area contributed by atoms with Gasteiger partial charge in [0.2, 0.25) is 0 Å². The van der Waals surface area contributed by atoms with Crippen molar-refractivity contribution in [2.24, 2.45) is 5.92 Å². The smallest absolute Gasteiger partial charge is 0.199 e. The van der Waals surface area contributed by atoms with Crippen LogP contribution in [0.1, 0.15) is 31.4 Å². The first kappa shape index (κ1) is 21.0. The Bertz CT molecular complexity index is 1180. The maximum atomic E-state index is 13.9. The molecular weight excluding hydrogens is 445 g/mol. The summed E-state index contributed by atoms with van der Waals surface area (Å²) in [7, 11) is 0. The predicted molar refractivity (Wildman–Crippen MR) is 125 cm³/mol. The van der Waals surface area contributed by atoms with Crippen LogP contribution in [0, 0.1) is 5.92 Å². The molecule has 1 saturated heterocycles. The molecule has 1 fully saturated rings. The van der Waals surface area contributed by atoms with Crippen LogP contribution >= 0.6 is 23.2 Å². The third-order valence-electron chi connectivity index (χ3n) is 6.32. The van der Waals surface area contributed by atoms with Crippen LogP contribution in [0.4, 0.5) is 5.82 Å². The van der Waals surface area contributed by atoms with E-state index in [9.17, 15) is 4.79 Å². The number of fused-ring (bicyclic) bond motifs is 1. The van der Waals surface area contributed by atoms with Crippen molar-refractivity contribution in [1.29, 1.82) is 0 Å². The predicted octanol–water partition coefficient (Wildman–Crippen LogP) is 4.38. The van der Waals surface area contributed by atoms with E-state index < -0.39 is 6.04 Å². The zero-order chi connectivity index (χ0) is 22.2. The fourth-order valence-corrected chi connectivity index (χ4v) is 5.11. The van der Waals surface area contributed by atoms with Crippen molar-refractivity contribution < 1.29 is 9.47 Å². The van der Waals surface area contributed by atoms with Crippen LogP contribution in [0.5, 0.6) is 0 Å². The number of rotatable bonds is 4. The second-order valence-electron chi connectivity index (χ2n) is 8.22. The fourth-order valence-electron chi connectivity index (χ4n) is 4.70. The molecule has 5 rings (SSSR count). The first-order valence-electron chi connectivity index (χ1n) is 10.8. The van der Waals surface area contributed by atoms with Gasteiger partial charge in [-0.05, 0) is 25.8 Å². The number of benzene rings is 1. The van der Waals surface area contributed by atoms with Crippen LogP contribution in [-0.2, 0) is 4.79 Å². The summed E-state index contributed by atoms with van der Waals surface area (Å²) in [6, 6.07) is 13.1. The fraction of sp³-hybridized carbons (Fsp3) is 0.292.